The number of nitrogens with zero attached hydrogens (tertiary/aromatic N) is 2. The van der Waals surface area contributed by atoms with E-state index in [4.69, 9.17) is 9.84 Å². The minimum atomic E-state index is -0.954. The Morgan fingerprint density at radius 2 is 2.08 bits per heavy atom. The summed E-state index contributed by atoms with van der Waals surface area (Å²) >= 11 is 0. The number of rotatable bonds is 6. The first-order valence-electron chi connectivity index (χ1n) is 7.15. The van der Waals surface area contributed by atoms with E-state index in [2.05, 4.69) is 15.5 Å². The van der Waals surface area contributed by atoms with Crippen LogP contribution in [-0.2, 0) is 11.2 Å². The summed E-state index contributed by atoms with van der Waals surface area (Å²) < 4.78 is 5.16. The number of amides is 1. The maximum Gasteiger partial charge on any atom is 0.307 e. The summed E-state index contributed by atoms with van der Waals surface area (Å²) in [6.45, 7) is 1.72. The lowest BCUT2D eigenvalue weighted by Crippen LogP contribution is -2.19. The lowest BCUT2D eigenvalue weighted by Gasteiger charge is -2.09. The average molecular weight is 327 g/mol. The molecule has 0 radical (unpaired) electrons. The number of hydrogen-bond acceptors (Lipinski definition) is 5. The quantitative estimate of drug-likeness (QED) is 0.623. The van der Waals surface area contributed by atoms with Gasteiger partial charge in [-0.05, 0) is 42.8 Å². The topological polar surface area (TPSA) is 101 Å². The van der Waals surface area contributed by atoms with Gasteiger partial charge in [-0.1, -0.05) is 0 Å². The summed E-state index contributed by atoms with van der Waals surface area (Å²) in [5.41, 5.74) is 4.62. The minimum absolute atomic E-state index is 0.160. The fourth-order valence-electron chi connectivity index (χ4n) is 2.07. The summed E-state index contributed by atoms with van der Waals surface area (Å²) in [6, 6.07) is 8.40. The van der Waals surface area contributed by atoms with Crippen LogP contribution >= 0.6 is 0 Å². The molecule has 2 aromatic rings. The third-order valence-electron chi connectivity index (χ3n) is 3.29. The standard InChI is InChI=1S/C17H17N3O4/c1-11(19-20-17(23)13-4-3-7-18-10-13)12-5-6-15(24-2)14(8-12)9-16(21)22/h3-8,10H,9H2,1-2H3,(H,20,23)(H,21,22)/b19-11-. The first-order chi connectivity index (χ1) is 11.5. The zero-order valence-corrected chi connectivity index (χ0v) is 13.3. The zero-order valence-electron chi connectivity index (χ0n) is 13.3. The van der Waals surface area contributed by atoms with Gasteiger partial charge in [0.15, 0.2) is 0 Å². The first kappa shape index (κ1) is 17.1. The van der Waals surface area contributed by atoms with E-state index in [9.17, 15) is 9.59 Å². The lowest BCUT2D eigenvalue weighted by molar-refractivity contribution is -0.136. The van der Waals surface area contributed by atoms with Gasteiger partial charge < -0.3 is 9.84 Å². The number of ether oxygens (including phenoxy) is 1. The largest absolute Gasteiger partial charge is 0.496 e. The number of aromatic nitrogens is 1. The Balaban J connectivity index is 2.18. The van der Waals surface area contributed by atoms with E-state index in [-0.39, 0.29) is 12.3 Å². The molecular weight excluding hydrogens is 310 g/mol. The lowest BCUT2D eigenvalue weighted by atomic mass is 10.0. The molecule has 1 heterocycles. The molecule has 1 aromatic carbocycles. The van der Waals surface area contributed by atoms with Crippen molar-refractivity contribution in [2.24, 2.45) is 5.10 Å². The molecule has 0 spiro atoms. The van der Waals surface area contributed by atoms with Crippen molar-refractivity contribution in [1.29, 1.82) is 0 Å². The van der Waals surface area contributed by atoms with Gasteiger partial charge in [-0.2, -0.15) is 5.10 Å². The Hall–Kier alpha value is -3.22. The third-order valence-corrected chi connectivity index (χ3v) is 3.29. The number of carboxylic acid groups (broad SMARTS) is 1. The molecule has 2 rings (SSSR count). The van der Waals surface area contributed by atoms with Gasteiger partial charge in [-0.25, -0.2) is 5.43 Å². The first-order valence-corrected chi connectivity index (χ1v) is 7.15. The fraction of sp³-hybridized carbons (Fsp3) is 0.176. The molecule has 0 aliphatic carbocycles. The minimum Gasteiger partial charge on any atom is -0.496 e. The highest BCUT2D eigenvalue weighted by atomic mass is 16.5. The van der Waals surface area contributed by atoms with Crippen LogP contribution in [0.1, 0.15) is 28.4 Å². The van der Waals surface area contributed by atoms with Crippen molar-refractivity contribution in [2.45, 2.75) is 13.3 Å². The smallest absolute Gasteiger partial charge is 0.307 e. The Morgan fingerprint density at radius 3 is 2.71 bits per heavy atom. The normalized spacial score (nSPS) is 11.0. The molecule has 2 N–H and O–H groups in total. The number of methoxy groups -OCH3 is 1. The Bertz CT molecular complexity index is 773. The fourth-order valence-corrected chi connectivity index (χ4v) is 2.07. The van der Waals surface area contributed by atoms with E-state index in [0.717, 1.165) is 0 Å². The van der Waals surface area contributed by atoms with E-state index in [1.807, 2.05) is 0 Å². The van der Waals surface area contributed by atoms with Gasteiger partial charge >= 0.3 is 5.97 Å². The molecule has 0 atom stereocenters. The molecule has 1 amide bonds. The average Bonchev–Trinajstić information content (AvgIpc) is 2.59. The van der Waals surface area contributed by atoms with E-state index < -0.39 is 5.97 Å². The van der Waals surface area contributed by atoms with Crippen LogP contribution in [0.25, 0.3) is 0 Å². The second kappa shape index (κ2) is 7.87. The van der Waals surface area contributed by atoms with Crippen molar-refractivity contribution < 1.29 is 19.4 Å². The van der Waals surface area contributed by atoms with E-state index >= 15 is 0 Å². The number of pyridine rings is 1. The van der Waals surface area contributed by atoms with Crippen LogP contribution in [0.2, 0.25) is 0 Å². The molecular formula is C17H17N3O4. The van der Waals surface area contributed by atoms with Crippen molar-refractivity contribution in [2.75, 3.05) is 7.11 Å². The van der Waals surface area contributed by atoms with E-state index in [0.29, 0.717) is 28.2 Å². The van der Waals surface area contributed by atoms with Crippen LogP contribution in [0.5, 0.6) is 5.75 Å². The Kier molecular flexibility index (Phi) is 5.62. The monoisotopic (exact) mass is 327 g/mol. The van der Waals surface area contributed by atoms with Crippen molar-refractivity contribution in [3.8, 4) is 5.75 Å². The number of hydrazone groups is 1. The number of carbonyl (C=O) groups excluding carboxylic acids is 1. The van der Waals surface area contributed by atoms with E-state index in [1.54, 1.807) is 43.5 Å². The van der Waals surface area contributed by atoms with Crippen LogP contribution in [0, 0.1) is 0 Å². The highest BCUT2D eigenvalue weighted by molar-refractivity contribution is 6.01. The predicted molar refractivity (Wildman–Crippen MR) is 88.2 cm³/mol. The zero-order chi connectivity index (χ0) is 17.5. The molecule has 0 aliphatic heterocycles. The molecule has 1 aromatic heterocycles. The summed E-state index contributed by atoms with van der Waals surface area (Å²) in [5.74, 6) is -0.833. The van der Waals surface area contributed by atoms with Crippen molar-refractivity contribution >= 4 is 17.6 Å². The highest BCUT2D eigenvalue weighted by Gasteiger charge is 2.10. The molecule has 0 aliphatic rings. The summed E-state index contributed by atoms with van der Waals surface area (Å²) in [7, 11) is 1.48. The molecule has 124 valence electrons. The third kappa shape index (κ3) is 4.39. The van der Waals surface area contributed by atoms with Crippen LogP contribution in [0.4, 0.5) is 0 Å². The highest BCUT2D eigenvalue weighted by Crippen LogP contribution is 2.21. The number of benzene rings is 1. The SMILES string of the molecule is COc1ccc(/C(C)=N\NC(=O)c2cccnc2)cc1CC(=O)O. The number of aliphatic carboxylic acids is 1. The van der Waals surface area contributed by atoms with Crippen LogP contribution in [0.15, 0.2) is 47.8 Å². The van der Waals surface area contributed by atoms with Gasteiger partial charge in [0.05, 0.1) is 24.8 Å². The van der Waals surface area contributed by atoms with Gasteiger partial charge in [-0.15, -0.1) is 0 Å². The van der Waals surface area contributed by atoms with Crippen molar-refractivity contribution in [3.05, 3.63) is 59.4 Å². The maximum absolute atomic E-state index is 11.9. The van der Waals surface area contributed by atoms with Crippen molar-refractivity contribution in [3.63, 3.8) is 0 Å². The predicted octanol–water partition coefficient (Wildman–Crippen LogP) is 1.87. The van der Waals surface area contributed by atoms with Gasteiger partial charge in [0.1, 0.15) is 5.75 Å². The summed E-state index contributed by atoms with van der Waals surface area (Å²) in [4.78, 5) is 26.7. The van der Waals surface area contributed by atoms with Gasteiger partial charge in [0, 0.05) is 18.0 Å². The Morgan fingerprint density at radius 1 is 1.29 bits per heavy atom. The van der Waals surface area contributed by atoms with Crippen LogP contribution < -0.4 is 10.2 Å². The Labute approximate surface area is 139 Å². The molecule has 24 heavy (non-hydrogen) atoms. The van der Waals surface area contributed by atoms with Gasteiger partial charge in [0.25, 0.3) is 5.91 Å². The number of carboxylic acids is 1. The summed E-state index contributed by atoms with van der Waals surface area (Å²) in [6.07, 6.45) is 2.86. The number of hydrogen-bond donors (Lipinski definition) is 2. The number of carbonyl (C=O) groups is 2. The summed E-state index contributed by atoms with van der Waals surface area (Å²) in [5, 5.41) is 13.0. The molecule has 0 saturated carbocycles. The second-order valence-electron chi connectivity index (χ2n) is 4.98. The van der Waals surface area contributed by atoms with Crippen LogP contribution in [0.3, 0.4) is 0 Å². The van der Waals surface area contributed by atoms with Gasteiger partial charge in [0.2, 0.25) is 0 Å². The van der Waals surface area contributed by atoms with Gasteiger partial charge in [-0.3, -0.25) is 14.6 Å². The maximum atomic E-state index is 11.9. The molecule has 7 heteroatoms. The molecule has 0 unspecified atom stereocenters. The van der Waals surface area contributed by atoms with Crippen molar-refractivity contribution in [1.82, 2.24) is 10.4 Å². The molecule has 0 fully saturated rings. The molecule has 7 nitrogen and oxygen atoms in total. The van der Waals surface area contributed by atoms with Crippen LogP contribution in [-0.4, -0.2) is 34.8 Å². The van der Waals surface area contributed by atoms with E-state index in [1.165, 1.54) is 13.3 Å². The number of nitrogens with one attached hydrogen (secondary N) is 1. The molecule has 0 saturated heterocycles. The second-order valence-corrected chi connectivity index (χ2v) is 4.98. The molecule has 0 bridgehead atoms.